The number of pyridine rings is 2. The van der Waals surface area contributed by atoms with Crippen LogP contribution in [0, 0.1) is 0 Å². The van der Waals surface area contributed by atoms with Gasteiger partial charge < -0.3 is 9.97 Å². The maximum absolute atomic E-state index is 12.6. The molecule has 4 nitrogen and oxygen atoms in total. The summed E-state index contributed by atoms with van der Waals surface area (Å²) in [5, 5.41) is 4.66. The molecule has 5 rings (SSSR count). The monoisotopic (exact) mass is 312 g/mol. The minimum absolute atomic E-state index is 0.177. The van der Waals surface area contributed by atoms with Gasteiger partial charge >= 0.3 is 0 Å². The standard InChI is InChI=1S/C20H12N2O2/c23-19-17-16(13-7-3-4-8-15(13)21-19)14-10-9-11-5-1-2-6-12(11)18(14)22-20(17)24/h1-10H,(H,21,23)(H,22,24). The van der Waals surface area contributed by atoms with Crippen molar-refractivity contribution in [2.24, 2.45) is 0 Å². The summed E-state index contributed by atoms with van der Waals surface area (Å²) in [6, 6.07) is 19.5. The van der Waals surface area contributed by atoms with Crippen LogP contribution in [0.2, 0.25) is 0 Å². The molecule has 0 amide bonds. The molecule has 2 aromatic heterocycles. The van der Waals surface area contributed by atoms with E-state index in [1.807, 2.05) is 60.7 Å². The summed E-state index contributed by atoms with van der Waals surface area (Å²) in [4.78, 5) is 30.8. The Kier molecular flexibility index (Phi) is 2.48. The topological polar surface area (TPSA) is 65.7 Å². The molecule has 0 unspecified atom stereocenters. The van der Waals surface area contributed by atoms with Crippen LogP contribution in [0.1, 0.15) is 0 Å². The van der Waals surface area contributed by atoms with E-state index in [1.54, 1.807) is 0 Å². The lowest BCUT2D eigenvalue weighted by Gasteiger charge is -2.09. The Labute approximate surface area is 135 Å². The number of fused-ring (bicyclic) bond motifs is 7. The van der Waals surface area contributed by atoms with Crippen LogP contribution in [0.3, 0.4) is 0 Å². The van der Waals surface area contributed by atoms with E-state index in [4.69, 9.17) is 0 Å². The SMILES string of the molecule is O=c1[nH]c2ccccc2c2c1c(=O)[nH]c1c3ccccc3ccc12. The fourth-order valence-electron chi connectivity index (χ4n) is 3.53. The Morgan fingerprint density at radius 1 is 0.583 bits per heavy atom. The highest BCUT2D eigenvalue weighted by atomic mass is 16.1. The lowest BCUT2D eigenvalue weighted by atomic mass is 9.99. The summed E-state index contributed by atoms with van der Waals surface area (Å²) in [6.07, 6.45) is 0. The van der Waals surface area contributed by atoms with Gasteiger partial charge in [0, 0.05) is 27.1 Å². The van der Waals surface area contributed by atoms with E-state index in [0.29, 0.717) is 5.39 Å². The number of aromatic nitrogens is 2. The van der Waals surface area contributed by atoms with Crippen molar-refractivity contribution in [2.45, 2.75) is 0 Å². The summed E-state index contributed by atoms with van der Waals surface area (Å²) in [6.45, 7) is 0. The molecule has 0 aliphatic heterocycles. The first-order valence-electron chi connectivity index (χ1n) is 7.72. The number of hydrogen-bond donors (Lipinski definition) is 2. The van der Waals surface area contributed by atoms with Crippen molar-refractivity contribution in [3.05, 3.63) is 81.4 Å². The molecule has 0 aliphatic rings. The van der Waals surface area contributed by atoms with Gasteiger partial charge in [-0.15, -0.1) is 0 Å². The van der Waals surface area contributed by atoms with Gasteiger partial charge in [-0.05, 0) is 11.5 Å². The molecule has 0 fully saturated rings. The molecule has 0 saturated heterocycles. The third kappa shape index (κ3) is 1.62. The molecule has 4 heteroatoms. The zero-order chi connectivity index (χ0) is 16.3. The maximum Gasteiger partial charge on any atom is 0.261 e. The van der Waals surface area contributed by atoms with Crippen molar-refractivity contribution in [3.63, 3.8) is 0 Å². The van der Waals surface area contributed by atoms with E-state index in [9.17, 15) is 9.59 Å². The van der Waals surface area contributed by atoms with Gasteiger partial charge in [0.1, 0.15) is 5.39 Å². The van der Waals surface area contributed by atoms with Crippen LogP contribution in [0.5, 0.6) is 0 Å². The molecule has 0 atom stereocenters. The molecular weight excluding hydrogens is 300 g/mol. The minimum Gasteiger partial charge on any atom is -0.321 e. The first kappa shape index (κ1) is 13.1. The molecule has 2 N–H and O–H groups in total. The van der Waals surface area contributed by atoms with Gasteiger partial charge in [0.25, 0.3) is 11.1 Å². The molecule has 3 aromatic carbocycles. The van der Waals surface area contributed by atoms with E-state index in [-0.39, 0.29) is 16.5 Å². The normalized spacial score (nSPS) is 11.7. The van der Waals surface area contributed by atoms with Gasteiger partial charge in [-0.1, -0.05) is 54.6 Å². The van der Waals surface area contributed by atoms with Gasteiger partial charge in [0.15, 0.2) is 0 Å². The molecule has 0 spiro atoms. The first-order chi connectivity index (χ1) is 11.7. The zero-order valence-electron chi connectivity index (χ0n) is 12.6. The Morgan fingerprint density at radius 2 is 1.29 bits per heavy atom. The molecule has 24 heavy (non-hydrogen) atoms. The van der Waals surface area contributed by atoms with E-state index in [2.05, 4.69) is 9.97 Å². The number of para-hydroxylation sites is 1. The average molecular weight is 312 g/mol. The van der Waals surface area contributed by atoms with Gasteiger partial charge in [0.2, 0.25) is 0 Å². The highest BCUT2D eigenvalue weighted by molar-refractivity contribution is 6.22. The fourth-order valence-corrected chi connectivity index (χ4v) is 3.53. The van der Waals surface area contributed by atoms with Crippen molar-refractivity contribution < 1.29 is 0 Å². The quantitative estimate of drug-likeness (QED) is 0.428. The molecule has 5 aromatic rings. The van der Waals surface area contributed by atoms with Crippen LogP contribution in [-0.2, 0) is 0 Å². The van der Waals surface area contributed by atoms with E-state index >= 15 is 0 Å². The molecule has 0 saturated carbocycles. The average Bonchev–Trinajstić information content (AvgIpc) is 2.61. The Balaban J connectivity index is 2.22. The van der Waals surface area contributed by atoms with Crippen molar-refractivity contribution >= 4 is 43.4 Å². The van der Waals surface area contributed by atoms with Crippen molar-refractivity contribution in [1.82, 2.24) is 9.97 Å². The van der Waals surface area contributed by atoms with Crippen LogP contribution in [0.25, 0.3) is 43.4 Å². The second kappa shape index (κ2) is 4.55. The summed E-state index contributed by atoms with van der Waals surface area (Å²) in [5.74, 6) is 0. The largest absolute Gasteiger partial charge is 0.321 e. The Bertz CT molecular complexity index is 1390. The molecule has 0 aliphatic carbocycles. The molecular formula is C20H12N2O2. The fraction of sp³-hybridized carbons (Fsp3) is 0. The third-order valence-corrected chi connectivity index (χ3v) is 4.59. The number of benzene rings is 3. The number of aromatic amines is 2. The number of H-pyrrole nitrogens is 2. The van der Waals surface area contributed by atoms with Gasteiger partial charge in [-0.3, -0.25) is 9.59 Å². The Morgan fingerprint density at radius 3 is 2.17 bits per heavy atom. The summed E-state index contributed by atoms with van der Waals surface area (Å²) in [7, 11) is 0. The van der Waals surface area contributed by atoms with Gasteiger partial charge in [-0.2, -0.15) is 0 Å². The van der Waals surface area contributed by atoms with Crippen LogP contribution >= 0.6 is 0 Å². The molecule has 0 bridgehead atoms. The zero-order valence-corrected chi connectivity index (χ0v) is 12.6. The maximum atomic E-state index is 12.6. The smallest absolute Gasteiger partial charge is 0.261 e. The second-order valence-electron chi connectivity index (χ2n) is 5.91. The van der Waals surface area contributed by atoms with E-state index < -0.39 is 0 Å². The second-order valence-corrected chi connectivity index (χ2v) is 5.91. The van der Waals surface area contributed by atoms with Gasteiger partial charge in [0.05, 0.1) is 5.52 Å². The van der Waals surface area contributed by atoms with Crippen molar-refractivity contribution in [3.8, 4) is 0 Å². The number of hydrogen-bond acceptors (Lipinski definition) is 2. The van der Waals surface area contributed by atoms with Crippen molar-refractivity contribution in [2.75, 3.05) is 0 Å². The highest BCUT2D eigenvalue weighted by Crippen LogP contribution is 2.30. The summed E-state index contributed by atoms with van der Waals surface area (Å²) >= 11 is 0. The predicted octanol–water partition coefficient (Wildman–Crippen LogP) is 3.68. The van der Waals surface area contributed by atoms with Gasteiger partial charge in [-0.25, -0.2) is 0 Å². The van der Waals surface area contributed by atoms with Crippen LogP contribution in [0.15, 0.2) is 70.3 Å². The lowest BCUT2D eigenvalue weighted by molar-refractivity contribution is 1.29. The van der Waals surface area contributed by atoms with E-state index in [1.165, 1.54) is 0 Å². The van der Waals surface area contributed by atoms with E-state index in [0.717, 1.165) is 32.6 Å². The minimum atomic E-state index is -0.361. The van der Waals surface area contributed by atoms with Crippen molar-refractivity contribution in [1.29, 1.82) is 0 Å². The Hall–Kier alpha value is -3.40. The lowest BCUT2D eigenvalue weighted by Crippen LogP contribution is -2.18. The number of rotatable bonds is 0. The molecule has 2 heterocycles. The molecule has 114 valence electrons. The number of nitrogens with one attached hydrogen (secondary N) is 2. The highest BCUT2D eigenvalue weighted by Gasteiger charge is 2.13. The van der Waals surface area contributed by atoms with Crippen LogP contribution < -0.4 is 11.1 Å². The summed E-state index contributed by atoms with van der Waals surface area (Å²) in [5.41, 5.74) is 0.775. The molecule has 0 radical (unpaired) electrons. The predicted molar refractivity (Wildman–Crippen MR) is 97.7 cm³/mol. The summed E-state index contributed by atoms with van der Waals surface area (Å²) < 4.78 is 0. The first-order valence-corrected chi connectivity index (χ1v) is 7.72. The van der Waals surface area contributed by atoms with Crippen LogP contribution in [0.4, 0.5) is 0 Å². The third-order valence-electron chi connectivity index (χ3n) is 4.59. The van der Waals surface area contributed by atoms with Crippen LogP contribution in [-0.4, -0.2) is 9.97 Å².